The molecule has 1 aromatic carbocycles. The largest absolute Gasteiger partial charge is 0.477 e. The molecule has 2 atom stereocenters. The van der Waals surface area contributed by atoms with Gasteiger partial charge in [-0.05, 0) is 48.8 Å². The molecule has 0 spiro atoms. The van der Waals surface area contributed by atoms with Gasteiger partial charge in [0.1, 0.15) is 5.82 Å². The van der Waals surface area contributed by atoms with Crippen LogP contribution in [-0.2, 0) is 12.0 Å². The fraction of sp³-hybridized carbons (Fsp3) is 0.444. The van der Waals surface area contributed by atoms with E-state index in [2.05, 4.69) is 12.0 Å². The molecule has 1 N–H and O–H groups in total. The van der Waals surface area contributed by atoms with Gasteiger partial charge in [0.2, 0.25) is 0 Å². The fourth-order valence-electron chi connectivity index (χ4n) is 4.47. The maximum absolute atomic E-state index is 13.1. The molecule has 1 aromatic heterocycles. The molecule has 1 heterocycles. The second kappa shape index (κ2) is 4.91. The van der Waals surface area contributed by atoms with Gasteiger partial charge in [-0.2, -0.15) is 5.10 Å². The molecule has 120 valence electrons. The van der Waals surface area contributed by atoms with Crippen molar-refractivity contribution in [3.8, 4) is 0 Å². The molecule has 1 fully saturated rings. The van der Waals surface area contributed by atoms with Crippen molar-refractivity contribution in [3.05, 3.63) is 52.6 Å². The molecule has 1 saturated carbocycles. The molecule has 0 aliphatic heterocycles. The number of aromatic nitrogens is 2. The van der Waals surface area contributed by atoms with E-state index in [9.17, 15) is 14.3 Å². The summed E-state index contributed by atoms with van der Waals surface area (Å²) in [7, 11) is 0. The third kappa shape index (κ3) is 2.02. The second-order valence-electron chi connectivity index (χ2n) is 6.77. The molecule has 2 aliphatic rings. The number of benzene rings is 1. The summed E-state index contributed by atoms with van der Waals surface area (Å²) in [6.07, 6.45) is 4.16. The van der Waals surface area contributed by atoms with E-state index >= 15 is 0 Å². The minimum absolute atomic E-state index is 0.00519. The number of fused-ring (bicyclic) bond motifs is 5. The van der Waals surface area contributed by atoms with Crippen molar-refractivity contribution in [3.63, 3.8) is 0 Å². The van der Waals surface area contributed by atoms with Gasteiger partial charge in [0.25, 0.3) is 0 Å². The van der Waals surface area contributed by atoms with Gasteiger partial charge in [0, 0.05) is 11.5 Å². The van der Waals surface area contributed by atoms with Crippen LogP contribution in [0.15, 0.2) is 24.3 Å². The number of carbonyl (C=O) groups is 1. The summed E-state index contributed by atoms with van der Waals surface area (Å²) < 4.78 is 14.7. The van der Waals surface area contributed by atoms with Crippen LogP contribution in [0, 0.1) is 5.82 Å². The first-order valence-electron chi connectivity index (χ1n) is 8.13. The van der Waals surface area contributed by atoms with Crippen molar-refractivity contribution < 1.29 is 14.3 Å². The summed E-state index contributed by atoms with van der Waals surface area (Å²) in [6, 6.07) is 6.14. The number of halogens is 1. The van der Waals surface area contributed by atoms with Gasteiger partial charge in [-0.3, -0.25) is 4.68 Å². The zero-order valence-electron chi connectivity index (χ0n) is 13.1. The summed E-state index contributed by atoms with van der Waals surface area (Å²) in [5.74, 6) is -0.808. The Labute approximate surface area is 133 Å². The minimum atomic E-state index is -0.916. The average Bonchev–Trinajstić information content (AvgIpc) is 3.18. The van der Waals surface area contributed by atoms with Crippen molar-refractivity contribution in [2.24, 2.45) is 0 Å². The van der Waals surface area contributed by atoms with E-state index in [-0.39, 0.29) is 11.2 Å². The standard InChI is InChI=1S/C18H19FN2O2/c1-2-18-8-7-12(9-18)15-14(18)16(17(22)23)21(20-15)10-11-3-5-13(19)6-4-11/h3-6,12H,2,7-10H2,1H3,(H,22,23). The van der Waals surface area contributed by atoms with Crippen LogP contribution in [0.5, 0.6) is 0 Å². The van der Waals surface area contributed by atoms with Crippen LogP contribution in [0.1, 0.15) is 65.8 Å². The van der Waals surface area contributed by atoms with E-state index in [1.807, 2.05) is 0 Å². The van der Waals surface area contributed by atoms with E-state index < -0.39 is 5.97 Å². The van der Waals surface area contributed by atoms with Gasteiger partial charge < -0.3 is 5.11 Å². The Morgan fingerprint density at radius 3 is 2.83 bits per heavy atom. The monoisotopic (exact) mass is 314 g/mol. The van der Waals surface area contributed by atoms with Gasteiger partial charge in [0.05, 0.1) is 12.2 Å². The number of rotatable bonds is 4. The highest BCUT2D eigenvalue weighted by Gasteiger charge is 2.52. The second-order valence-corrected chi connectivity index (χ2v) is 6.77. The average molecular weight is 314 g/mol. The lowest BCUT2D eigenvalue weighted by Gasteiger charge is -2.26. The van der Waals surface area contributed by atoms with Gasteiger partial charge in [-0.1, -0.05) is 19.1 Å². The number of hydrogen-bond acceptors (Lipinski definition) is 2. The van der Waals surface area contributed by atoms with Crippen LogP contribution in [0.4, 0.5) is 4.39 Å². The first-order chi connectivity index (χ1) is 11.0. The predicted molar refractivity (Wildman–Crippen MR) is 83.2 cm³/mol. The van der Waals surface area contributed by atoms with Crippen molar-refractivity contribution in [2.45, 2.75) is 50.5 Å². The van der Waals surface area contributed by atoms with Crippen LogP contribution in [-0.4, -0.2) is 20.9 Å². The highest BCUT2D eigenvalue weighted by Crippen LogP contribution is 2.59. The highest BCUT2D eigenvalue weighted by atomic mass is 19.1. The Morgan fingerprint density at radius 1 is 1.43 bits per heavy atom. The first-order valence-corrected chi connectivity index (χ1v) is 8.13. The third-order valence-corrected chi connectivity index (χ3v) is 5.63. The molecule has 0 saturated heterocycles. The minimum Gasteiger partial charge on any atom is -0.477 e. The van der Waals surface area contributed by atoms with Gasteiger partial charge in [0.15, 0.2) is 5.69 Å². The summed E-state index contributed by atoms with van der Waals surface area (Å²) >= 11 is 0. The van der Waals surface area contributed by atoms with E-state index in [1.54, 1.807) is 16.8 Å². The van der Waals surface area contributed by atoms with Crippen LogP contribution in [0.25, 0.3) is 0 Å². The lowest BCUT2D eigenvalue weighted by Crippen LogP contribution is -2.23. The number of carboxylic acids is 1. The van der Waals surface area contributed by atoms with E-state index in [1.165, 1.54) is 12.1 Å². The third-order valence-electron chi connectivity index (χ3n) is 5.63. The Kier molecular flexibility index (Phi) is 3.08. The van der Waals surface area contributed by atoms with Crippen LogP contribution < -0.4 is 0 Å². The molecule has 0 radical (unpaired) electrons. The molecule has 4 nitrogen and oxygen atoms in total. The molecule has 2 aromatic rings. The first kappa shape index (κ1) is 14.4. The van der Waals surface area contributed by atoms with E-state index in [4.69, 9.17) is 0 Å². The zero-order valence-corrected chi connectivity index (χ0v) is 13.1. The van der Waals surface area contributed by atoms with Gasteiger partial charge in [-0.15, -0.1) is 0 Å². The summed E-state index contributed by atoms with van der Waals surface area (Å²) in [5, 5.41) is 14.4. The molecular weight excluding hydrogens is 295 g/mol. The Hall–Kier alpha value is -2.17. The van der Waals surface area contributed by atoms with Crippen molar-refractivity contribution >= 4 is 5.97 Å². The van der Waals surface area contributed by atoms with E-state index in [0.717, 1.165) is 42.5 Å². The fourth-order valence-corrected chi connectivity index (χ4v) is 4.47. The highest BCUT2D eigenvalue weighted by molar-refractivity contribution is 5.89. The number of carboxylic acid groups (broad SMARTS) is 1. The Morgan fingerprint density at radius 2 is 2.17 bits per heavy atom. The van der Waals surface area contributed by atoms with Crippen molar-refractivity contribution in [2.75, 3.05) is 0 Å². The molecule has 23 heavy (non-hydrogen) atoms. The molecule has 5 heteroatoms. The molecule has 2 bridgehead atoms. The maximum atomic E-state index is 13.1. The smallest absolute Gasteiger partial charge is 0.354 e. The normalized spacial score (nSPS) is 24.9. The quantitative estimate of drug-likeness (QED) is 0.936. The number of nitrogens with zero attached hydrogens (tertiary/aromatic N) is 2. The Balaban J connectivity index is 1.80. The lowest BCUT2D eigenvalue weighted by molar-refractivity contribution is 0.0680. The molecule has 2 unspecified atom stereocenters. The molecule has 2 aliphatic carbocycles. The van der Waals surface area contributed by atoms with Crippen LogP contribution in [0.3, 0.4) is 0 Å². The zero-order chi connectivity index (χ0) is 16.2. The summed E-state index contributed by atoms with van der Waals surface area (Å²) in [5.41, 5.74) is 3.12. The number of aromatic carboxylic acids is 1. The molecule has 4 rings (SSSR count). The van der Waals surface area contributed by atoms with E-state index in [0.29, 0.717) is 18.2 Å². The van der Waals surface area contributed by atoms with Crippen molar-refractivity contribution in [1.29, 1.82) is 0 Å². The Bertz CT molecular complexity index is 781. The predicted octanol–water partition coefficient (Wildman–Crippen LogP) is 3.70. The maximum Gasteiger partial charge on any atom is 0.354 e. The number of hydrogen-bond donors (Lipinski definition) is 1. The van der Waals surface area contributed by atoms with Gasteiger partial charge in [-0.25, -0.2) is 9.18 Å². The SMILES string of the molecule is CCC12CCC(C1)c1nn(Cc3ccc(F)cc3)c(C(=O)O)c12. The molecule has 0 amide bonds. The van der Waals surface area contributed by atoms with Gasteiger partial charge >= 0.3 is 5.97 Å². The lowest BCUT2D eigenvalue weighted by atomic mass is 9.78. The molecular formula is C18H19FN2O2. The topological polar surface area (TPSA) is 55.1 Å². The van der Waals surface area contributed by atoms with Crippen molar-refractivity contribution in [1.82, 2.24) is 9.78 Å². The van der Waals surface area contributed by atoms with Crippen LogP contribution >= 0.6 is 0 Å². The summed E-state index contributed by atoms with van der Waals surface area (Å²) in [6.45, 7) is 2.50. The summed E-state index contributed by atoms with van der Waals surface area (Å²) in [4.78, 5) is 11.9. The van der Waals surface area contributed by atoms with Crippen LogP contribution in [0.2, 0.25) is 0 Å².